The smallest absolute Gasteiger partial charge is 0.223 e. The summed E-state index contributed by atoms with van der Waals surface area (Å²) >= 11 is 0. The van der Waals surface area contributed by atoms with Crippen LogP contribution in [-0.4, -0.2) is 17.0 Å². The van der Waals surface area contributed by atoms with E-state index < -0.39 is 0 Å². The SMILES string of the molecule is CC(=O)N1CCc2cc3c(cc21)cc(C)n3C. The molecule has 2 aromatic rings. The summed E-state index contributed by atoms with van der Waals surface area (Å²) in [5, 5.41) is 1.22. The van der Waals surface area contributed by atoms with Gasteiger partial charge >= 0.3 is 0 Å². The van der Waals surface area contributed by atoms with Crippen molar-refractivity contribution in [1.29, 1.82) is 0 Å². The second kappa shape index (κ2) is 3.36. The highest BCUT2D eigenvalue weighted by Crippen LogP contribution is 2.33. The molecule has 0 unspecified atom stereocenters. The first kappa shape index (κ1) is 10.4. The van der Waals surface area contributed by atoms with E-state index in [-0.39, 0.29) is 5.91 Å². The number of hydrogen-bond donors (Lipinski definition) is 0. The maximum Gasteiger partial charge on any atom is 0.223 e. The summed E-state index contributed by atoms with van der Waals surface area (Å²) in [6.45, 7) is 4.56. The van der Waals surface area contributed by atoms with Crippen LogP contribution in [0, 0.1) is 6.92 Å². The first-order chi connectivity index (χ1) is 8.08. The molecule has 88 valence electrons. The fourth-order valence-electron chi connectivity index (χ4n) is 2.69. The van der Waals surface area contributed by atoms with Crippen LogP contribution in [0.4, 0.5) is 5.69 Å². The molecule has 17 heavy (non-hydrogen) atoms. The van der Waals surface area contributed by atoms with E-state index in [1.807, 2.05) is 4.90 Å². The minimum Gasteiger partial charge on any atom is -0.348 e. The Morgan fingerprint density at radius 2 is 2.06 bits per heavy atom. The molecular formula is C14H16N2O. The van der Waals surface area contributed by atoms with Crippen LogP contribution in [0.1, 0.15) is 18.2 Å². The van der Waals surface area contributed by atoms with Crippen molar-refractivity contribution in [2.24, 2.45) is 7.05 Å². The van der Waals surface area contributed by atoms with Crippen LogP contribution in [0.3, 0.4) is 0 Å². The molecule has 0 radical (unpaired) electrons. The number of anilines is 1. The van der Waals surface area contributed by atoms with Crippen molar-refractivity contribution in [2.45, 2.75) is 20.3 Å². The van der Waals surface area contributed by atoms with Crippen molar-refractivity contribution in [3.05, 3.63) is 29.5 Å². The number of carbonyl (C=O) groups excluding carboxylic acids is 1. The van der Waals surface area contributed by atoms with E-state index in [1.54, 1.807) is 6.92 Å². The number of aryl methyl sites for hydroxylation is 2. The van der Waals surface area contributed by atoms with Crippen LogP contribution in [0.5, 0.6) is 0 Å². The van der Waals surface area contributed by atoms with Crippen molar-refractivity contribution in [1.82, 2.24) is 4.57 Å². The maximum atomic E-state index is 11.5. The van der Waals surface area contributed by atoms with Gasteiger partial charge in [0, 0.05) is 42.8 Å². The molecule has 0 saturated carbocycles. The average molecular weight is 228 g/mol. The molecule has 1 aliphatic rings. The second-order valence-corrected chi connectivity index (χ2v) is 4.81. The average Bonchev–Trinajstić information content (AvgIpc) is 2.79. The Kier molecular flexibility index (Phi) is 2.05. The van der Waals surface area contributed by atoms with Gasteiger partial charge in [-0.15, -0.1) is 0 Å². The Hall–Kier alpha value is -1.77. The predicted octanol–water partition coefficient (Wildman–Crippen LogP) is 2.40. The standard InChI is InChI=1S/C14H16N2O/c1-9-6-12-8-14-11(7-13(12)15(9)3)4-5-16(14)10(2)17/h6-8H,4-5H2,1-3H3. The third-order valence-corrected chi connectivity index (χ3v) is 3.76. The van der Waals surface area contributed by atoms with Gasteiger partial charge in [-0.3, -0.25) is 4.79 Å². The summed E-state index contributed by atoms with van der Waals surface area (Å²) in [6.07, 6.45) is 0.967. The van der Waals surface area contributed by atoms with Crippen LogP contribution in [0.2, 0.25) is 0 Å². The normalized spacial score (nSPS) is 14.4. The summed E-state index contributed by atoms with van der Waals surface area (Å²) in [5.41, 5.74) is 4.88. The van der Waals surface area contributed by atoms with E-state index >= 15 is 0 Å². The van der Waals surface area contributed by atoms with Crippen LogP contribution in [0.15, 0.2) is 18.2 Å². The highest BCUT2D eigenvalue weighted by atomic mass is 16.2. The molecule has 0 spiro atoms. The molecule has 0 fully saturated rings. The molecule has 2 heterocycles. The molecule has 0 atom stereocenters. The number of amides is 1. The number of benzene rings is 1. The largest absolute Gasteiger partial charge is 0.348 e. The monoisotopic (exact) mass is 228 g/mol. The first-order valence-electron chi connectivity index (χ1n) is 5.95. The maximum absolute atomic E-state index is 11.5. The zero-order chi connectivity index (χ0) is 12.2. The fourth-order valence-corrected chi connectivity index (χ4v) is 2.69. The quantitative estimate of drug-likeness (QED) is 0.679. The van der Waals surface area contributed by atoms with Crippen LogP contribution in [-0.2, 0) is 18.3 Å². The second-order valence-electron chi connectivity index (χ2n) is 4.81. The van der Waals surface area contributed by atoms with Crippen LogP contribution in [0.25, 0.3) is 10.9 Å². The molecule has 1 aromatic carbocycles. The Bertz CT molecular complexity index is 625. The van der Waals surface area contributed by atoms with Gasteiger partial charge in [-0.05, 0) is 37.1 Å². The van der Waals surface area contributed by atoms with Crippen molar-refractivity contribution < 1.29 is 4.79 Å². The Labute approximate surface area is 101 Å². The summed E-state index contributed by atoms with van der Waals surface area (Å²) in [6, 6.07) is 6.54. The number of aromatic nitrogens is 1. The van der Waals surface area contributed by atoms with Crippen molar-refractivity contribution in [3.8, 4) is 0 Å². The molecule has 1 aromatic heterocycles. The Balaban J connectivity index is 2.25. The zero-order valence-corrected chi connectivity index (χ0v) is 10.4. The molecule has 3 rings (SSSR count). The molecule has 1 amide bonds. The first-order valence-corrected chi connectivity index (χ1v) is 5.95. The van der Waals surface area contributed by atoms with E-state index in [4.69, 9.17) is 0 Å². The van der Waals surface area contributed by atoms with Gasteiger partial charge in [-0.25, -0.2) is 0 Å². The van der Waals surface area contributed by atoms with E-state index in [9.17, 15) is 4.79 Å². The van der Waals surface area contributed by atoms with Gasteiger partial charge in [0.15, 0.2) is 0 Å². The molecular weight excluding hydrogens is 212 g/mol. The van der Waals surface area contributed by atoms with Gasteiger partial charge < -0.3 is 9.47 Å². The Morgan fingerprint density at radius 1 is 1.29 bits per heavy atom. The third kappa shape index (κ3) is 1.38. The lowest BCUT2D eigenvalue weighted by molar-refractivity contribution is -0.116. The molecule has 1 aliphatic heterocycles. The predicted molar refractivity (Wildman–Crippen MR) is 69.4 cm³/mol. The van der Waals surface area contributed by atoms with Gasteiger partial charge in [0.2, 0.25) is 5.91 Å². The van der Waals surface area contributed by atoms with Crippen molar-refractivity contribution in [2.75, 3.05) is 11.4 Å². The van der Waals surface area contributed by atoms with Crippen LogP contribution >= 0.6 is 0 Å². The molecule has 0 saturated heterocycles. The van der Waals surface area contributed by atoms with E-state index in [1.165, 1.54) is 22.2 Å². The molecule has 0 aliphatic carbocycles. The molecule has 0 bridgehead atoms. The lowest BCUT2D eigenvalue weighted by Gasteiger charge is -2.14. The van der Waals surface area contributed by atoms with Gasteiger partial charge in [-0.2, -0.15) is 0 Å². The highest BCUT2D eigenvalue weighted by molar-refractivity contribution is 5.97. The fraction of sp³-hybridized carbons (Fsp3) is 0.357. The summed E-state index contributed by atoms with van der Waals surface area (Å²) < 4.78 is 2.20. The third-order valence-electron chi connectivity index (χ3n) is 3.76. The van der Waals surface area contributed by atoms with Crippen molar-refractivity contribution >= 4 is 22.5 Å². The van der Waals surface area contributed by atoms with Crippen molar-refractivity contribution in [3.63, 3.8) is 0 Å². The highest BCUT2D eigenvalue weighted by Gasteiger charge is 2.23. The van der Waals surface area contributed by atoms with Gasteiger partial charge in [0.05, 0.1) is 0 Å². The minimum absolute atomic E-state index is 0.135. The zero-order valence-electron chi connectivity index (χ0n) is 10.4. The molecule has 0 N–H and O–H groups in total. The van der Waals surface area contributed by atoms with Gasteiger partial charge in [0.1, 0.15) is 0 Å². The molecule has 3 nitrogen and oxygen atoms in total. The topological polar surface area (TPSA) is 25.2 Å². The number of hydrogen-bond acceptors (Lipinski definition) is 1. The summed E-state index contributed by atoms with van der Waals surface area (Å²) in [5.74, 6) is 0.135. The lowest BCUT2D eigenvalue weighted by Crippen LogP contribution is -2.25. The number of rotatable bonds is 0. The number of fused-ring (bicyclic) bond motifs is 2. The Morgan fingerprint density at radius 3 is 2.76 bits per heavy atom. The van der Waals surface area contributed by atoms with Crippen LogP contribution < -0.4 is 4.90 Å². The number of nitrogens with zero attached hydrogens (tertiary/aromatic N) is 2. The van der Waals surface area contributed by atoms with E-state index in [0.717, 1.165) is 18.7 Å². The summed E-state index contributed by atoms with van der Waals surface area (Å²) in [4.78, 5) is 13.4. The summed E-state index contributed by atoms with van der Waals surface area (Å²) in [7, 11) is 2.09. The lowest BCUT2D eigenvalue weighted by atomic mass is 10.1. The minimum atomic E-state index is 0.135. The van der Waals surface area contributed by atoms with Gasteiger partial charge in [0.25, 0.3) is 0 Å². The van der Waals surface area contributed by atoms with Gasteiger partial charge in [-0.1, -0.05) is 0 Å². The molecule has 3 heteroatoms. The number of carbonyl (C=O) groups is 1. The van der Waals surface area contributed by atoms with E-state index in [0.29, 0.717) is 0 Å². The van der Waals surface area contributed by atoms with E-state index in [2.05, 4.69) is 36.7 Å².